The Morgan fingerprint density at radius 2 is 1.43 bits per heavy atom. The lowest BCUT2D eigenvalue weighted by atomic mass is 10.0. The van der Waals surface area contributed by atoms with Crippen LogP contribution in [0.15, 0.2) is 106 Å². The Morgan fingerprint density at radius 3 is 2.07 bits per heavy atom. The first-order valence-corrected chi connectivity index (χ1v) is 10.9. The summed E-state index contributed by atoms with van der Waals surface area (Å²) in [7, 11) is 0. The zero-order valence-corrected chi connectivity index (χ0v) is 17.2. The summed E-state index contributed by atoms with van der Waals surface area (Å²) in [6, 6.07) is 30.9. The highest BCUT2D eigenvalue weighted by Gasteiger charge is 2.24. The number of benzene rings is 3. The van der Waals surface area contributed by atoms with E-state index in [1.165, 1.54) is 5.56 Å². The molecular formula is C26H22O3S. The van der Waals surface area contributed by atoms with Crippen molar-refractivity contribution in [2.45, 2.75) is 11.7 Å². The molecule has 0 saturated heterocycles. The molecule has 0 aliphatic heterocycles. The van der Waals surface area contributed by atoms with Crippen LogP contribution in [0.5, 0.6) is 5.75 Å². The van der Waals surface area contributed by atoms with Gasteiger partial charge in [0, 0.05) is 11.6 Å². The molecular weight excluding hydrogens is 392 g/mol. The van der Waals surface area contributed by atoms with Crippen molar-refractivity contribution < 1.29 is 9.52 Å². The molecule has 1 N–H and O–H groups in total. The average molecular weight is 415 g/mol. The summed E-state index contributed by atoms with van der Waals surface area (Å²) < 4.78 is 5.61. The van der Waals surface area contributed by atoms with Gasteiger partial charge in [0.25, 0.3) is 0 Å². The van der Waals surface area contributed by atoms with Crippen molar-refractivity contribution in [3.63, 3.8) is 0 Å². The van der Waals surface area contributed by atoms with Gasteiger partial charge >= 0.3 is 5.63 Å². The fourth-order valence-electron chi connectivity index (χ4n) is 3.39. The molecule has 150 valence electrons. The minimum atomic E-state index is -0.505. The molecule has 0 spiro atoms. The van der Waals surface area contributed by atoms with Gasteiger partial charge in [0.05, 0.1) is 10.8 Å². The number of hydrogen-bond acceptors (Lipinski definition) is 4. The SMILES string of the molecule is O=c1oc(-c2ccccc2)cc(O)c1C(SCCc1ccccc1)c1ccccc1. The summed E-state index contributed by atoms with van der Waals surface area (Å²) in [5, 5.41) is 10.5. The highest BCUT2D eigenvalue weighted by Crippen LogP contribution is 2.39. The van der Waals surface area contributed by atoms with Gasteiger partial charge in [-0.25, -0.2) is 4.79 Å². The topological polar surface area (TPSA) is 50.4 Å². The van der Waals surface area contributed by atoms with Crippen molar-refractivity contribution in [3.05, 3.63) is 124 Å². The Kier molecular flexibility index (Phi) is 6.35. The lowest BCUT2D eigenvalue weighted by Crippen LogP contribution is -2.13. The number of aryl methyl sites for hydroxylation is 1. The zero-order valence-electron chi connectivity index (χ0n) is 16.4. The summed E-state index contributed by atoms with van der Waals surface area (Å²) in [5.41, 5.74) is 2.75. The number of hydrogen-bond donors (Lipinski definition) is 1. The summed E-state index contributed by atoms with van der Waals surface area (Å²) in [6.45, 7) is 0. The zero-order chi connectivity index (χ0) is 20.8. The maximum Gasteiger partial charge on any atom is 0.344 e. The quantitative estimate of drug-likeness (QED) is 0.398. The third kappa shape index (κ3) is 4.66. The van der Waals surface area contributed by atoms with Gasteiger partial charge < -0.3 is 9.52 Å². The van der Waals surface area contributed by atoms with E-state index in [0.717, 1.165) is 23.3 Å². The van der Waals surface area contributed by atoms with Gasteiger partial charge in [0.2, 0.25) is 0 Å². The van der Waals surface area contributed by atoms with Crippen LogP contribution in [0.2, 0.25) is 0 Å². The van der Waals surface area contributed by atoms with Gasteiger partial charge in [0.15, 0.2) is 0 Å². The predicted octanol–water partition coefficient (Wildman–Crippen LogP) is 6.08. The van der Waals surface area contributed by atoms with Crippen LogP contribution in [-0.2, 0) is 6.42 Å². The minimum absolute atomic E-state index is 0.0360. The maximum absolute atomic E-state index is 12.9. The standard InChI is InChI=1S/C26H22O3S/c27-22-18-23(20-12-6-2-7-13-20)29-26(28)24(22)25(21-14-8-3-9-15-21)30-17-16-19-10-4-1-5-11-19/h1-15,18,25,27H,16-17H2. The Bertz CT molecular complexity index is 1140. The van der Waals surface area contributed by atoms with Crippen LogP contribution in [-0.4, -0.2) is 10.9 Å². The molecule has 0 bridgehead atoms. The summed E-state index contributed by atoms with van der Waals surface area (Å²) in [5.74, 6) is 1.14. The van der Waals surface area contributed by atoms with E-state index >= 15 is 0 Å². The molecule has 0 saturated carbocycles. The molecule has 1 heterocycles. The third-order valence-electron chi connectivity index (χ3n) is 4.91. The van der Waals surface area contributed by atoms with E-state index in [2.05, 4.69) is 12.1 Å². The molecule has 0 aliphatic rings. The molecule has 0 fully saturated rings. The monoisotopic (exact) mass is 414 g/mol. The van der Waals surface area contributed by atoms with Gasteiger partial charge in [-0.2, -0.15) is 0 Å². The van der Waals surface area contributed by atoms with Crippen molar-refractivity contribution in [2.24, 2.45) is 0 Å². The van der Waals surface area contributed by atoms with E-state index in [9.17, 15) is 9.90 Å². The van der Waals surface area contributed by atoms with Crippen LogP contribution < -0.4 is 5.63 Å². The van der Waals surface area contributed by atoms with E-state index in [1.54, 1.807) is 17.8 Å². The Morgan fingerprint density at radius 1 is 0.833 bits per heavy atom. The van der Waals surface area contributed by atoms with Gasteiger partial charge in [-0.05, 0) is 23.3 Å². The molecule has 1 aromatic heterocycles. The summed E-state index contributed by atoms with van der Waals surface area (Å²) in [6.07, 6.45) is 0.878. The Labute approximate surface area is 180 Å². The molecule has 30 heavy (non-hydrogen) atoms. The largest absolute Gasteiger partial charge is 0.507 e. The number of aromatic hydroxyl groups is 1. The second-order valence-electron chi connectivity index (χ2n) is 6.96. The minimum Gasteiger partial charge on any atom is -0.507 e. The molecule has 4 rings (SSSR count). The first-order valence-electron chi connectivity index (χ1n) is 9.85. The lowest BCUT2D eigenvalue weighted by Gasteiger charge is -2.18. The molecule has 3 nitrogen and oxygen atoms in total. The van der Waals surface area contributed by atoms with Gasteiger partial charge in [-0.3, -0.25) is 0 Å². The van der Waals surface area contributed by atoms with E-state index in [-0.39, 0.29) is 11.0 Å². The van der Waals surface area contributed by atoms with E-state index in [4.69, 9.17) is 4.42 Å². The highest BCUT2D eigenvalue weighted by molar-refractivity contribution is 7.99. The molecule has 0 amide bonds. The molecule has 0 radical (unpaired) electrons. The van der Waals surface area contributed by atoms with Crippen molar-refractivity contribution in [2.75, 3.05) is 5.75 Å². The third-order valence-corrected chi connectivity index (χ3v) is 6.19. The van der Waals surface area contributed by atoms with Crippen LogP contribution in [0, 0.1) is 0 Å². The first kappa shape index (κ1) is 20.0. The average Bonchev–Trinajstić information content (AvgIpc) is 2.79. The fourth-order valence-corrected chi connectivity index (χ4v) is 4.71. The normalized spacial score (nSPS) is 11.9. The maximum atomic E-state index is 12.9. The molecule has 1 atom stereocenters. The smallest absolute Gasteiger partial charge is 0.344 e. The van der Waals surface area contributed by atoms with Crippen LogP contribution in [0.1, 0.15) is 21.9 Å². The van der Waals surface area contributed by atoms with Crippen LogP contribution in [0.4, 0.5) is 0 Å². The van der Waals surface area contributed by atoms with E-state index in [0.29, 0.717) is 11.3 Å². The molecule has 0 aliphatic carbocycles. The van der Waals surface area contributed by atoms with Crippen LogP contribution >= 0.6 is 11.8 Å². The Hall–Kier alpha value is -3.24. The second kappa shape index (κ2) is 9.51. The Balaban J connectivity index is 1.66. The van der Waals surface area contributed by atoms with E-state index in [1.807, 2.05) is 78.9 Å². The number of thioether (sulfide) groups is 1. The van der Waals surface area contributed by atoms with Gasteiger partial charge in [-0.15, -0.1) is 11.8 Å². The van der Waals surface area contributed by atoms with Crippen molar-refractivity contribution in [1.82, 2.24) is 0 Å². The molecule has 4 aromatic rings. The fraction of sp³-hybridized carbons (Fsp3) is 0.115. The highest BCUT2D eigenvalue weighted by atomic mass is 32.2. The first-order chi connectivity index (χ1) is 14.7. The molecule has 4 heteroatoms. The van der Waals surface area contributed by atoms with Crippen LogP contribution in [0.25, 0.3) is 11.3 Å². The van der Waals surface area contributed by atoms with Crippen molar-refractivity contribution in [3.8, 4) is 17.1 Å². The summed E-state index contributed by atoms with van der Waals surface area (Å²) >= 11 is 1.63. The van der Waals surface area contributed by atoms with Crippen molar-refractivity contribution in [1.29, 1.82) is 0 Å². The second-order valence-corrected chi connectivity index (χ2v) is 8.17. The van der Waals surface area contributed by atoms with Gasteiger partial charge in [-0.1, -0.05) is 91.0 Å². The molecule has 3 aromatic carbocycles. The molecule has 1 unspecified atom stereocenters. The summed E-state index contributed by atoms with van der Waals surface area (Å²) in [4.78, 5) is 12.9. The van der Waals surface area contributed by atoms with E-state index < -0.39 is 5.63 Å². The van der Waals surface area contributed by atoms with Crippen LogP contribution in [0.3, 0.4) is 0 Å². The number of rotatable bonds is 7. The van der Waals surface area contributed by atoms with Gasteiger partial charge in [0.1, 0.15) is 11.5 Å². The van der Waals surface area contributed by atoms with Crippen molar-refractivity contribution >= 4 is 11.8 Å². The lowest BCUT2D eigenvalue weighted by molar-refractivity contribution is 0.442. The predicted molar refractivity (Wildman–Crippen MR) is 123 cm³/mol.